The maximum absolute atomic E-state index is 5.76. The van der Waals surface area contributed by atoms with Crippen LogP contribution < -0.4 is 4.74 Å². The number of H-pyrrole nitrogens is 1. The molecule has 2 heterocycles. The van der Waals surface area contributed by atoms with Crippen LogP contribution in [0.5, 0.6) is 5.75 Å². The maximum atomic E-state index is 5.76. The molecule has 1 N–H and O–H groups in total. The Kier molecular flexibility index (Phi) is 2.96. The fourth-order valence-corrected chi connectivity index (χ4v) is 2.14. The lowest BCUT2D eigenvalue weighted by atomic mass is 10.1. The molecular weight excluding hydrogens is 216 g/mol. The number of hydrogen-bond acceptors (Lipinski definition) is 3. The van der Waals surface area contributed by atoms with E-state index >= 15 is 0 Å². The van der Waals surface area contributed by atoms with Crippen molar-refractivity contribution in [2.45, 2.75) is 25.4 Å². The number of aromatic amines is 1. The van der Waals surface area contributed by atoms with Gasteiger partial charge in [0.05, 0.1) is 17.8 Å². The third kappa shape index (κ3) is 2.42. The van der Waals surface area contributed by atoms with Crippen LogP contribution >= 0.6 is 0 Å². The molecule has 1 aliphatic heterocycles. The van der Waals surface area contributed by atoms with Gasteiger partial charge in [-0.1, -0.05) is 0 Å². The Labute approximate surface area is 99.9 Å². The molecule has 0 radical (unpaired) electrons. The van der Waals surface area contributed by atoms with E-state index in [1.54, 1.807) is 6.20 Å². The average Bonchev–Trinajstić information content (AvgIpc) is 2.85. The zero-order valence-electron chi connectivity index (χ0n) is 9.69. The van der Waals surface area contributed by atoms with Gasteiger partial charge in [-0.3, -0.25) is 5.10 Å². The fraction of sp³-hybridized carbons (Fsp3) is 0.462. The van der Waals surface area contributed by atoms with Gasteiger partial charge < -0.3 is 9.47 Å². The first kappa shape index (κ1) is 10.6. The van der Waals surface area contributed by atoms with E-state index in [0.29, 0.717) is 6.61 Å². The molecule has 4 heteroatoms. The number of ether oxygens (including phenoxy) is 2. The van der Waals surface area contributed by atoms with Gasteiger partial charge in [-0.2, -0.15) is 5.10 Å². The largest absolute Gasteiger partial charge is 0.491 e. The first-order chi connectivity index (χ1) is 8.42. The second-order valence-electron chi connectivity index (χ2n) is 4.42. The highest BCUT2D eigenvalue weighted by Crippen LogP contribution is 2.20. The van der Waals surface area contributed by atoms with Crippen molar-refractivity contribution in [1.82, 2.24) is 10.2 Å². The minimum Gasteiger partial charge on any atom is -0.491 e. The van der Waals surface area contributed by atoms with Crippen molar-refractivity contribution in [3.63, 3.8) is 0 Å². The van der Waals surface area contributed by atoms with Crippen molar-refractivity contribution in [2.75, 3.05) is 13.2 Å². The quantitative estimate of drug-likeness (QED) is 0.884. The van der Waals surface area contributed by atoms with Gasteiger partial charge in [0.25, 0.3) is 0 Å². The molecule has 1 fully saturated rings. The van der Waals surface area contributed by atoms with Crippen LogP contribution in [0.3, 0.4) is 0 Å². The zero-order chi connectivity index (χ0) is 11.5. The van der Waals surface area contributed by atoms with Crippen molar-refractivity contribution in [3.8, 4) is 5.75 Å². The van der Waals surface area contributed by atoms with Gasteiger partial charge in [0.15, 0.2) is 0 Å². The molecule has 0 spiro atoms. The second-order valence-corrected chi connectivity index (χ2v) is 4.42. The van der Waals surface area contributed by atoms with Crippen LogP contribution in [-0.4, -0.2) is 29.5 Å². The summed E-state index contributed by atoms with van der Waals surface area (Å²) in [6.07, 6.45) is 5.59. The number of nitrogens with zero attached hydrogens (tertiary/aromatic N) is 1. The van der Waals surface area contributed by atoms with Gasteiger partial charge in [-0.15, -0.1) is 0 Å². The maximum Gasteiger partial charge on any atom is 0.120 e. The van der Waals surface area contributed by atoms with Gasteiger partial charge in [-0.25, -0.2) is 0 Å². The lowest BCUT2D eigenvalue weighted by molar-refractivity contribution is -0.0110. The molecule has 1 unspecified atom stereocenters. The van der Waals surface area contributed by atoms with E-state index in [2.05, 4.69) is 10.2 Å². The molecule has 4 nitrogen and oxygen atoms in total. The number of aromatic nitrogens is 2. The number of hydrogen-bond donors (Lipinski definition) is 1. The molecule has 1 aromatic carbocycles. The summed E-state index contributed by atoms with van der Waals surface area (Å²) in [5.74, 6) is 0.882. The molecule has 0 amide bonds. The van der Waals surface area contributed by atoms with Crippen LogP contribution in [0.25, 0.3) is 10.9 Å². The van der Waals surface area contributed by atoms with Crippen LogP contribution in [-0.2, 0) is 4.74 Å². The molecule has 1 aliphatic rings. The van der Waals surface area contributed by atoms with Crippen molar-refractivity contribution >= 4 is 10.9 Å². The lowest BCUT2D eigenvalue weighted by Gasteiger charge is -2.22. The Morgan fingerprint density at radius 1 is 1.41 bits per heavy atom. The molecule has 3 rings (SSSR count). The molecule has 90 valence electrons. The van der Waals surface area contributed by atoms with E-state index in [0.717, 1.165) is 29.7 Å². The molecular formula is C13H16N2O2. The lowest BCUT2D eigenvalue weighted by Crippen LogP contribution is -2.25. The molecule has 0 bridgehead atoms. The standard InChI is InChI=1S/C13H16N2O2/c1-2-6-16-12(3-1)9-17-11-4-5-13-10(7-11)8-14-15-13/h4-5,7-8,12H,1-3,6,9H2,(H,14,15). The smallest absolute Gasteiger partial charge is 0.120 e. The number of rotatable bonds is 3. The topological polar surface area (TPSA) is 47.1 Å². The third-order valence-corrected chi connectivity index (χ3v) is 3.12. The zero-order valence-corrected chi connectivity index (χ0v) is 9.69. The Balaban J connectivity index is 1.63. The molecule has 0 aliphatic carbocycles. The molecule has 1 atom stereocenters. The molecule has 1 aromatic heterocycles. The summed E-state index contributed by atoms with van der Waals surface area (Å²) in [5.41, 5.74) is 1.03. The van der Waals surface area contributed by atoms with Crippen LogP contribution in [0, 0.1) is 0 Å². The molecule has 1 saturated heterocycles. The summed E-state index contributed by atoms with van der Waals surface area (Å²) >= 11 is 0. The number of benzene rings is 1. The van der Waals surface area contributed by atoms with Gasteiger partial charge >= 0.3 is 0 Å². The van der Waals surface area contributed by atoms with Crippen LogP contribution in [0.15, 0.2) is 24.4 Å². The van der Waals surface area contributed by atoms with E-state index in [-0.39, 0.29) is 6.10 Å². The minimum atomic E-state index is 0.254. The number of fused-ring (bicyclic) bond motifs is 1. The monoisotopic (exact) mass is 232 g/mol. The Bertz CT molecular complexity index is 489. The summed E-state index contributed by atoms with van der Waals surface area (Å²) in [7, 11) is 0. The predicted molar refractivity (Wildman–Crippen MR) is 65.2 cm³/mol. The van der Waals surface area contributed by atoms with Gasteiger partial charge in [0, 0.05) is 12.0 Å². The van der Waals surface area contributed by atoms with Crippen molar-refractivity contribution in [1.29, 1.82) is 0 Å². The molecule has 2 aromatic rings. The highest BCUT2D eigenvalue weighted by Gasteiger charge is 2.14. The van der Waals surface area contributed by atoms with E-state index in [1.165, 1.54) is 12.8 Å². The summed E-state index contributed by atoms with van der Waals surface area (Å²) in [4.78, 5) is 0. The Morgan fingerprint density at radius 3 is 3.29 bits per heavy atom. The molecule has 17 heavy (non-hydrogen) atoms. The summed E-state index contributed by atoms with van der Waals surface area (Å²) in [6.45, 7) is 1.51. The summed E-state index contributed by atoms with van der Waals surface area (Å²) in [5, 5.41) is 7.99. The van der Waals surface area contributed by atoms with Crippen molar-refractivity contribution < 1.29 is 9.47 Å². The average molecular weight is 232 g/mol. The molecule has 0 saturated carbocycles. The van der Waals surface area contributed by atoms with Crippen LogP contribution in [0.2, 0.25) is 0 Å². The SMILES string of the molecule is c1cc2[nH]ncc2cc1OCC1CCCCO1. The minimum absolute atomic E-state index is 0.254. The third-order valence-electron chi connectivity index (χ3n) is 3.12. The Hall–Kier alpha value is -1.55. The van der Waals surface area contributed by atoms with Gasteiger partial charge in [-0.05, 0) is 37.5 Å². The summed E-state index contributed by atoms with van der Waals surface area (Å²) < 4.78 is 11.4. The van der Waals surface area contributed by atoms with Gasteiger partial charge in [0.2, 0.25) is 0 Å². The first-order valence-corrected chi connectivity index (χ1v) is 6.09. The van der Waals surface area contributed by atoms with E-state index < -0.39 is 0 Å². The first-order valence-electron chi connectivity index (χ1n) is 6.09. The van der Waals surface area contributed by atoms with Gasteiger partial charge in [0.1, 0.15) is 12.4 Å². The van der Waals surface area contributed by atoms with E-state index in [4.69, 9.17) is 9.47 Å². The highest BCUT2D eigenvalue weighted by molar-refractivity contribution is 5.79. The number of nitrogens with one attached hydrogen (secondary N) is 1. The highest BCUT2D eigenvalue weighted by atomic mass is 16.5. The van der Waals surface area contributed by atoms with E-state index in [1.807, 2.05) is 18.2 Å². The predicted octanol–water partition coefficient (Wildman–Crippen LogP) is 2.51. The normalized spacial score (nSPS) is 20.6. The van der Waals surface area contributed by atoms with Crippen molar-refractivity contribution in [3.05, 3.63) is 24.4 Å². The van der Waals surface area contributed by atoms with Crippen LogP contribution in [0.4, 0.5) is 0 Å². The summed E-state index contributed by atoms with van der Waals surface area (Å²) in [6, 6.07) is 5.95. The van der Waals surface area contributed by atoms with Crippen LogP contribution in [0.1, 0.15) is 19.3 Å². The fourth-order valence-electron chi connectivity index (χ4n) is 2.14. The Morgan fingerprint density at radius 2 is 2.41 bits per heavy atom. The van der Waals surface area contributed by atoms with Crippen molar-refractivity contribution in [2.24, 2.45) is 0 Å². The van der Waals surface area contributed by atoms with E-state index in [9.17, 15) is 0 Å². The second kappa shape index (κ2) is 4.75.